The van der Waals surface area contributed by atoms with Crippen LogP contribution in [0, 0.1) is 11.3 Å². The van der Waals surface area contributed by atoms with Crippen molar-refractivity contribution in [2.45, 2.75) is 77.3 Å². The summed E-state index contributed by atoms with van der Waals surface area (Å²) in [5, 5.41) is 5.23. The molecule has 1 amide bonds. The number of amides is 1. The van der Waals surface area contributed by atoms with Gasteiger partial charge < -0.3 is 10.1 Å². The fourth-order valence-corrected chi connectivity index (χ4v) is 5.18. The Balaban J connectivity index is 1.48. The predicted molar refractivity (Wildman–Crippen MR) is 109 cm³/mol. The number of hydrazine groups is 1. The van der Waals surface area contributed by atoms with E-state index in [9.17, 15) is 18.0 Å². The number of hydrogen-bond acceptors (Lipinski definition) is 5. The van der Waals surface area contributed by atoms with E-state index in [0.717, 1.165) is 57.6 Å². The fourth-order valence-electron chi connectivity index (χ4n) is 5.18. The van der Waals surface area contributed by atoms with Gasteiger partial charge in [0.05, 0.1) is 29.8 Å². The number of nitrogens with one attached hydrogen (secondary N) is 2. The highest BCUT2D eigenvalue weighted by Crippen LogP contribution is 2.46. The highest BCUT2D eigenvalue weighted by Gasteiger charge is 2.50. The van der Waals surface area contributed by atoms with Gasteiger partial charge in [-0.25, -0.2) is 5.43 Å². The van der Waals surface area contributed by atoms with Gasteiger partial charge in [0.1, 0.15) is 0 Å². The minimum absolute atomic E-state index is 0.0261. The zero-order valence-corrected chi connectivity index (χ0v) is 18.1. The Hall–Kier alpha value is -1.71. The molecule has 172 valence electrons. The third kappa shape index (κ3) is 4.59. The van der Waals surface area contributed by atoms with Gasteiger partial charge in [-0.1, -0.05) is 13.8 Å². The van der Waals surface area contributed by atoms with E-state index < -0.39 is 17.2 Å². The Kier molecular flexibility index (Phi) is 6.29. The second-order valence-electron chi connectivity index (χ2n) is 9.36. The summed E-state index contributed by atoms with van der Waals surface area (Å²) < 4.78 is 44.8. The molecule has 6 nitrogen and oxygen atoms in total. The number of hydrogen-bond donors (Lipinski definition) is 2. The first-order valence-electron chi connectivity index (χ1n) is 11.1. The molecule has 1 saturated carbocycles. The van der Waals surface area contributed by atoms with Crippen LogP contribution in [0.15, 0.2) is 12.3 Å². The topological polar surface area (TPSA) is 66.5 Å². The fraction of sp³-hybridized carbons (Fsp3) is 0.727. The van der Waals surface area contributed by atoms with Crippen molar-refractivity contribution in [3.05, 3.63) is 29.1 Å². The van der Waals surface area contributed by atoms with E-state index in [0.29, 0.717) is 17.3 Å². The number of carbonyl (C=O) groups excluding carboxylic acids is 1. The molecule has 2 N–H and O–H groups in total. The van der Waals surface area contributed by atoms with Crippen molar-refractivity contribution >= 4 is 5.91 Å². The second kappa shape index (κ2) is 8.67. The first-order valence-corrected chi connectivity index (χ1v) is 11.1. The van der Waals surface area contributed by atoms with Gasteiger partial charge in [-0.15, -0.1) is 0 Å². The first kappa shape index (κ1) is 22.5. The second-order valence-corrected chi connectivity index (χ2v) is 9.36. The lowest BCUT2D eigenvalue weighted by molar-refractivity contribution is -0.150. The van der Waals surface area contributed by atoms with Crippen molar-refractivity contribution in [3.8, 4) is 0 Å². The molecule has 0 radical (unpaired) electrons. The van der Waals surface area contributed by atoms with E-state index in [-0.39, 0.29) is 31.0 Å². The van der Waals surface area contributed by atoms with Crippen molar-refractivity contribution in [2.75, 3.05) is 13.2 Å². The molecule has 31 heavy (non-hydrogen) atoms. The Morgan fingerprint density at radius 3 is 2.71 bits per heavy atom. The van der Waals surface area contributed by atoms with E-state index >= 15 is 0 Å². The maximum atomic E-state index is 13.7. The Morgan fingerprint density at radius 1 is 1.29 bits per heavy atom. The van der Waals surface area contributed by atoms with Crippen LogP contribution in [0.4, 0.5) is 13.2 Å². The number of alkyl halides is 3. The molecule has 1 aliphatic carbocycles. The molecule has 9 heteroatoms. The van der Waals surface area contributed by atoms with Crippen LogP contribution >= 0.6 is 0 Å². The molecule has 1 aromatic rings. The monoisotopic (exact) mass is 440 g/mol. The third-order valence-electron chi connectivity index (χ3n) is 7.17. The maximum absolute atomic E-state index is 13.7. The van der Waals surface area contributed by atoms with Gasteiger partial charge in [-0.3, -0.25) is 14.8 Å². The number of pyridine rings is 1. The van der Waals surface area contributed by atoms with Gasteiger partial charge in [-0.05, 0) is 49.7 Å². The van der Waals surface area contributed by atoms with Crippen LogP contribution < -0.4 is 10.7 Å². The van der Waals surface area contributed by atoms with Crippen molar-refractivity contribution in [2.24, 2.45) is 11.3 Å². The van der Waals surface area contributed by atoms with Gasteiger partial charge >= 0.3 is 6.18 Å². The summed E-state index contributed by atoms with van der Waals surface area (Å²) in [6.07, 6.45) is 0.817. The van der Waals surface area contributed by atoms with Gasteiger partial charge in [0.25, 0.3) is 0 Å². The number of nitrogens with zero attached hydrogens (tertiary/aromatic N) is 2. The molecule has 4 rings (SSSR count). The maximum Gasteiger partial charge on any atom is 0.417 e. The van der Waals surface area contributed by atoms with Crippen LogP contribution in [-0.2, 0) is 28.8 Å². The minimum Gasteiger partial charge on any atom is -0.381 e. The molecule has 1 aromatic heterocycles. The lowest BCUT2D eigenvalue weighted by Gasteiger charge is -2.39. The normalized spacial score (nSPS) is 27.5. The molecule has 3 aliphatic rings. The molecule has 0 unspecified atom stereocenters. The van der Waals surface area contributed by atoms with Crippen LogP contribution in [0.5, 0.6) is 0 Å². The number of ether oxygens (including phenoxy) is 1. The van der Waals surface area contributed by atoms with E-state index in [1.165, 1.54) is 5.01 Å². The van der Waals surface area contributed by atoms with E-state index in [2.05, 4.69) is 29.6 Å². The number of aromatic nitrogens is 1. The van der Waals surface area contributed by atoms with Crippen LogP contribution in [0.2, 0.25) is 0 Å². The molecule has 0 aromatic carbocycles. The number of rotatable bonds is 4. The SMILES string of the molecule is CC(C)[C@@]1(C(=O)N2Cc3cc(C(F)(F)F)cnc3CN2)CC[C@H](NC2CCOCC2)C1. The summed E-state index contributed by atoms with van der Waals surface area (Å²) in [5.74, 6) is 0.103. The van der Waals surface area contributed by atoms with E-state index in [1.54, 1.807) is 0 Å². The van der Waals surface area contributed by atoms with Crippen molar-refractivity contribution < 1.29 is 22.7 Å². The highest BCUT2D eigenvalue weighted by atomic mass is 19.4. The van der Waals surface area contributed by atoms with Crippen LogP contribution in [0.25, 0.3) is 0 Å². The molecular weight excluding hydrogens is 409 g/mol. The Morgan fingerprint density at radius 2 is 2.03 bits per heavy atom. The first-order chi connectivity index (χ1) is 14.7. The average Bonchev–Trinajstić information content (AvgIpc) is 3.17. The van der Waals surface area contributed by atoms with Gasteiger partial charge in [-0.2, -0.15) is 13.2 Å². The van der Waals surface area contributed by atoms with E-state index in [1.807, 2.05) is 0 Å². The van der Waals surface area contributed by atoms with Crippen molar-refractivity contribution in [3.63, 3.8) is 0 Å². The molecular formula is C22H31F3N4O2. The van der Waals surface area contributed by atoms with Crippen molar-refractivity contribution in [1.82, 2.24) is 20.7 Å². The van der Waals surface area contributed by atoms with E-state index in [4.69, 9.17) is 4.74 Å². The third-order valence-corrected chi connectivity index (χ3v) is 7.17. The zero-order valence-electron chi connectivity index (χ0n) is 18.1. The molecule has 2 atom stereocenters. The van der Waals surface area contributed by atoms with Gasteiger partial charge in [0.15, 0.2) is 0 Å². The molecule has 2 fully saturated rings. The summed E-state index contributed by atoms with van der Waals surface area (Å²) in [6, 6.07) is 1.81. The van der Waals surface area contributed by atoms with Gasteiger partial charge in [0, 0.05) is 31.5 Å². The van der Waals surface area contributed by atoms with Crippen LogP contribution in [0.1, 0.15) is 62.8 Å². The zero-order chi connectivity index (χ0) is 22.2. The van der Waals surface area contributed by atoms with Gasteiger partial charge in [0.2, 0.25) is 5.91 Å². The average molecular weight is 441 g/mol. The predicted octanol–water partition coefficient (Wildman–Crippen LogP) is 3.41. The lowest BCUT2D eigenvalue weighted by atomic mass is 9.74. The summed E-state index contributed by atoms with van der Waals surface area (Å²) in [7, 11) is 0. The molecule has 0 spiro atoms. The van der Waals surface area contributed by atoms with Crippen LogP contribution in [-0.4, -0.2) is 41.2 Å². The molecule has 3 heterocycles. The minimum atomic E-state index is -4.45. The molecule has 0 bridgehead atoms. The number of carbonyl (C=O) groups is 1. The molecule has 1 saturated heterocycles. The van der Waals surface area contributed by atoms with Crippen LogP contribution in [0.3, 0.4) is 0 Å². The smallest absolute Gasteiger partial charge is 0.381 e. The number of halogens is 3. The highest BCUT2D eigenvalue weighted by molar-refractivity contribution is 5.83. The Bertz CT molecular complexity index is 810. The summed E-state index contributed by atoms with van der Waals surface area (Å²) >= 11 is 0. The van der Waals surface area contributed by atoms with Crippen molar-refractivity contribution in [1.29, 1.82) is 0 Å². The Labute approximate surface area is 180 Å². The number of fused-ring (bicyclic) bond motifs is 1. The summed E-state index contributed by atoms with van der Waals surface area (Å²) in [5.41, 5.74) is 2.80. The summed E-state index contributed by atoms with van der Waals surface area (Å²) in [4.78, 5) is 17.6. The standard InChI is InChI=1S/C22H31F3N4O2/c1-14(2)21(6-3-18(10-21)28-17-4-7-31-8-5-17)20(30)29-13-15-9-16(22(23,24)25)11-26-19(15)12-27-29/h9,11,14,17-18,27-28H,3-8,10,12-13H2,1-2H3/t18-,21+/m0/s1. The lowest BCUT2D eigenvalue weighted by Crippen LogP contribution is -2.53. The quantitative estimate of drug-likeness (QED) is 0.751. The summed E-state index contributed by atoms with van der Waals surface area (Å²) in [6.45, 7) is 6.01. The molecule has 2 aliphatic heterocycles. The largest absolute Gasteiger partial charge is 0.417 e.